The number of aliphatic hydroxyl groups is 1. The average Bonchev–Trinajstić information content (AvgIpc) is 3.02. The number of carbonyl (C=O) groups is 1. The second-order valence-electron chi connectivity index (χ2n) is 6.17. The Labute approximate surface area is 135 Å². The van der Waals surface area contributed by atoms with E-state index < -0.39 is 5.60 Å². The number of thiazole rings is 1. The highest BCUT2D eigenvalue weighted by atomic mass is 32.1. The summed E-state index contributed by atoms with van der Waals surface area (Å²) in [6.45, 7) is 7.76. The molecule has 0 aliphatic carbocycles. The molecule has 0 aliphatic rings. The maximum Gasteiger partial charge on any atom is 0.268 e. The Morgan fingerprint density at radius 1 is 1.55 bits per heavy atom. The van der Waals surface area contributed by atoms with Crippen molar-refractivity contribution >= 4 is 17.2 Å². The molecule has 0 aliphatic heterocycles. The fraction of sp³-hybridized carbons (Fsp3) is 0.500. The van der Waals surface area contributed by atoms with Gasteiger partial charge in [-0.3, -0.25) is 4.79 Å². The number of hydrogen-bond acceptors (Lipinski definition) is 4. The molecule has 1 amide bonds. The average molecular weight is 321 g/mol. The van der Waals surface area contributed by atoms with E-state index in [1.165, 1.54) is 0 Å². The van der Waals surface area contributed by atoms with E-state index in [4.69, 9.17) is 0 Å². The second kappa shape index (κ2) is 6.22. The summed E-state index contributed by atoms with van der Waals surface area (Å²) in [5.41, 5.74) is 1.44. The SMILES string of the molecule is Cc1nc(-c2cc(C(=O)NCC(C)(O)C(C)C)n(C)c2)cs1. The monoisotopic (exact) mass is 321 g/mol. The summed E-state index contributed by atoms with van der Waals surface area (Å²) in [5.74, 6) is -0.128. The number of nitrogens with one attached hydrogen (secondary N) is 1. The van der Waals surface area contributed by atoms with Gasteiger partial charge in [-0.05, 0) is 25.8 Å². The Balaban J connectivity index is 2.12. The van der Waals surface area contributed by atoms with Crippen molar-refractivity contribution in [3.05, 3.63) is 28.3 Å². The first-order chi connectivity index (χ1) is 10.2. The molecule has 0 spiro atoms. The number of nitrogens with zero attached hydrogens (tertiary/aromatic N) is 2. The topological polar surface area (TPSA) is 67.2 Å². The highest BCUT2D eigenvalue weighted by Crippen LogP contribution is 2.23. The Morgan fingerprint density at radius 3 is 2.77 bits per heavy atom. The number of amides is 1. The van der Waals surface area contributed by atoms with E-state index in [2.05, 4.69) is 10.3 Å². The minimum Gasteiger partial charge on any atom is -0.388 e. The molecule has 22 heavy (non-hydrogen) atoms. The predicted molar refractivity (Wildman–Crippen MR) is 89.1 cm³/mol. The molecule has 5 nitrogen and oxygen atoms in total. The fourth-order valence-electron chi connectivity index (χ4n) is 1.98. The Hall–Kier alpha value is -1.66. The van der Waals surface area contributed by atoms with Crippen molar-refractivity contribution in [3.63, 3.8) is 0 Å². The zero-order valence-electron chi connectivity index (χ0n) is 13.7. The first-order valence-corrected chi connectivity index (χ1v) is 8.18. The first-order valence-electron chi connectivity index (χ1n) is 7.30. The van der Waals surface area contributed by atoms with Gasteiger partial charge in [-0.25, -0.2) is 4.98 Å². The molecule has 2 aromatic rings. The second-order valence-corrected chi connectivity index (χ2v) is 7.23. The van der Waals surface area contributed by atoms with E-state index in [0.717, 1.165) is 16.3 Å². The van der Waals surface area contributed by atoms with Crippen LogP contribution in [0.2, 0.25) is 0 Å². The number of hydrogen-bond donors (Lipinski definition) is 2. The van der Waals surface area contributed by atoms with Crippen LogP contribution >= 0.6 is 11.3 Å². The molecule has 2 heterocycles. The van der Waals surface area contributed by atoms with Gasteiger partial charge >= 0.3 is 0 Å². The van der Waals surface area contributed by atoms with Gasteiger partial charge in [0.25, 0.3) is 5.91 Å². The lowest BCUT2D eigenvalue weighted by molar-refractivity contribution is 0.0141. The maximum atomic E-state index is 12.3. The Morgan fingerprint density at radius 2 is 2.23 bits per heavy atom. The molecule has 1 unspecified atom stereocenters. The number of rotatable bonds is 5. The van der Waals surface area contributed by atoms with Crippen molar-refractivity contribution in [3.8, 4) is 11.3 Å². The molecule has 2 N–H and O–H groups in total. The Kier molecular flexibility index (Phi) is 4.72. The van der Waals surface area contributed by atoms with Crippen LogP contribution in [-0.2, 0) is 7.05 Å². The largest absolute Gasteiger partial charge is 0.388 e. The third kappa shape index (κ3) is 3.56. The van der Waals surface area contributed by atoms with Gasteiger partial charge in [0, 0.05) is 30.7 Å². The minimum absolute atomic E-state index is 0.0646. The summed E-state index contributed by atoms with van der Waals surface area (Å²) in [6, 6.07) is 1.83. The van der Waals surface area contributed by atoms with Gasteiger partial charge in [-0.2, -0.15) is 0 Å². The van der Waals surface area contributed by atoms with E-state index in [9.17, 15) is 9.90 Å². The molecular formula is C16H23N3O2S. The molecule has 0 saturated carbocycles. The smallest absolute Gasteiger partial charge is 0.268 e. The van der Waals surface area contributed by atoms with Crippen LogP contribution in [0.4, 0.5) is 0 Å². The van der Waals surface area contributed by atoms with Crippen LogP contribution in [0.1, 0.15) is 36.3 Å². The molecular weight excluding hydrogens is 298 g/mol. The maximum absolute atomic E-state index is 12.3. The van der Waals surface area contributed by atoms with Crippen molar-refractivity contribution in [2.75, 3.05) is 6.54 Å². The molecule has 0 radical (unpaired) electrons. The van der Waals surface area contributed by atoms with Crippen molar-refractivity contribution in [1.29, 1.82) is 0 Å². The van der Waals surface area contributed by atoms with Gasteiger partial charge in [0.2, 0.25) is 0 Å². The molecule has 2 rings (SSSR count). The summed E-state index contributed by atoms with van der Waals surface area (Å²) in [7, 11) is 1.83. The van der Waals surface area contributed by atoms with Gasteiger partial charge in [-0.1, -0.05) is 13.8 Å². The van der Waals surface area contributed by atoms with Crippen LogP contribution in [-0.4, -0.2) is 32.7 Å². The summed E-state index contributed by atoms with van der Waals surface area (Å²) in [6.07, 6.45) is 1.89. The van der Waals surface area contributed by atoms with E-state index in [1.807, 2.05) is 45.5 Å². The highest BCUT2D eigenvalue weighted by Gasteiger charge is 2.26. The van der Waals surface area contributed by atoms with Crippen LogP contribution in [0.25, 0.3) is 11.3 Å². The zero-order chi connectivity index (χ0) is 16.5. The fourth-order valence-corrected chi connectivity index (χ4v) is 2.60. The minimum atomic E-state index is -0.921. The highest BCUT2D eigenvalue weighted by molar-refractivity contribution is 7.09. The molecule has 0 fully saturated rings. The lowest BCUT2D eigenvalue weighted by atomic mass is 9.92. The van der Waals surface area contributed by atoms with Gasteiger partial charge in [-0.15, -0.1) is 11.3 Å². The summed E-state index contributed by atoms with van der Waals surface area (Å²) in [5, 5.41) is 16.0. The van der Waals surface area contributed by atoms with E-state index in [0.29, 0.717) is 5.69 Å². The molecule has 120 valence electrons. The lowest BCUT2D eigenvalue weighted by Gasteiger charge is -2.27. The summed E-state index contributed by atoms with van der Waals surface area (Å²) < 4.78 is 1.78. The lowest BCUT2D eigenvalue weighted by Crippen LogP contribution is -2.44. The van der Waals surface area contributed by atoms with E-state index in [1.54, 1.807) is 22.8 Å². The van der Waals surface area contributed by atoms with Gasteiger partial charge in [0.05, 0.1) is 16.3 Å². The van der Waals surface area contributed by atoms with Gasteiger partial charge in [0.1, 0.15) is 5.69 Å². The first kappa shape index (κ1) is 16.7. The van der Waals surface area contributed by atoms with Crippen molar-refractivity contribution in [1.82, 2.24) is 14.9 Å². The van der Waals surface area contributed by atoms with Crippen LogP contribution in [0.5, 0.6) is 0 Å². The summed E-state index contributed by atoms with van der Waals surface area (Å²) >= 11 is 1.59. The van der Waals surface area contributed by atoms with Crippen LogP contribution < -0.4 is 5.32 Å². The third-order valence-electron chi connectivity index (χ3n) is 4.00. The number of aryl methyl sites for hydroxylation is 2. The van der Waals surface area contributed by atoms with Crippen LogP contribution in [0, 0.1) is 12.8 Å². The molecule has 2 aromatic heterocycles. The van der Waals surface area contributed by atoms with Gasteiger partial charge < -0.3 is 15.0 Å². The molecule has 1 atom stereocenters. The summed E-state index contributed by atoms with van der Waals surface area (Å²) in [4.78, 5) is 16.8. The standard InChI is InChI=1S/C16H23N3O2S/c1-10(2)16(4,21)9-17-15(20)14-6-12(7-19(14)5)13-8-22-11(3)18-13/h6-8,10,21H,9H2,1-5H3,(H,17,20). The van der Waals surface area contributed by atoms with Crippen LogP contribution in [0.3, 0.4) is 0 Å². The number of aromatic nitrogens is 2. The zero-order valence-corrected chi connectivity index (χ0v) is 14.5. The van der Waals surface area contributed by atoms with E-state index in [-0.39, 0.29) is 18.4 Å². The van der Waals surface area contributed by atoms with Crippen molar-refractivity contribution in [2.24, 2.45) is 13.0 Å². The quantitative estimate of drug-likeness (QED) is 0.889. The Bertz CT molecular complexity index is 671. The molecule has 6 heteroatoms. The molecule has 0 bridgehead atoms. The third-order valence-corrected chi connectivity index (χ3v) is 4.78. The molecule has 0 aromatic carbocycles. The van der Waals surface area contributed by atoms with Gasteiger partial charge in [0.15, 0.2) is 0 Å². The molecule has 0 saturated heterocycles. The predicted octanol–water partition coefficient (Wildman–Crippen LogP) is 2.59. The van der Waals surface area contributed by atoms with Crippen molar-refractivity contribution < 1.29 is 9.90 Å². The number of carbonyl (C=O) groups excluding carboxylic acids is 1. The normalized spacial score (nSPS) is 14.1. The van der Waals surface area contributed by atoms with Crippen molar-refractivity contribution in [2.45, 2.75) is 33.3 Å². The van der Waals surface area contributed by atoms with E-state index >= 15 is 0 Å². The van der Waals surface area contributed by atoms with Crippen LogP contribution in [0.15, 0.2) is 17.6 Å².